The van der Waals surface area contributed by atoms with Crippen LogP contribution in [0, 0.1) is 5.82 Å². The van der Waals surface area contributed by atoms with Gasteiger partial charge >= 0.3 is 0 Å². The molecule has 0 fully saturated rings. The van der Waals surface area contributed by atoms with E-state index in [1.54, 1.807) is 18.2 Å². The number of hydrogen-bond donors (Lipinski definition) is 1. The smallest absolute Gasteiger partial charge is 0.281 e. The summed E-state index contributed by atoms with van der Waals surface area (Å²) in [6.07, 6.45) is 0. The fourth-order valence-electron chi connectivity index (χ4n) is 2.76. The number of rotatable bonds is 3. The number of nitrogens with one attached hydrogen (secondary N) is 1. The van der Waals surface area contributed by atoms with Gasteiger partial charge < -0.3 is 0 Å². The molecule has 0 aliphatic rings. The summed E-state index contributed by atoms with van der Waals surface area (Å²) in [4.78, 5) is 29.6. The Kier molecular flexibility index (Phi) is 4.37. The molecule has 2 aromatic carbocycles. The van der Waals surface area contributed by atoms with Gasteiger partial charge in [0.05, 0.1) is 21.1 Å². The van der Waals surface area contributed by atoms with Crippen LogP contribution >= 0.6 is 22.9 Å². The number of thiazole rings is 1. The van der Waals surface area contributed by atoms with E-state index in [0.29, 0.717) is 27.7 Å². The molecule has 9 heteroatoms. The zero-order chi connectivity index (χ0) is 19.1. The Balaban J connectivity index is 1.77. The molecule has 0 saturated heterocycles. The summed E-state index contributed by atoms with van der Waals surface area (Å²) in [5.74, 6) is -1.25. The molecule has 1 N–H and O–H groups in total. The van der Waals surface area contributed by atoms with Crippen molar-refractivity contribution in [3.05, 3.63) is 63.2 Å². The molecular formula is C18H12ClFN4O2S. The van der Waals surface area contributed by atoms with Gasteiger partial charge in [-0.05, 0) is 43.3 Å². The van der Waals surface area contributed by atoms with Crippen LogP contribution in [0.15, 0.2) is 41.2 Å². The lowest BCUT2D eigenvalue weighted by Crippen LogP contribution is -2.27. The Morgan fingerprint density at radius 3 is 2.89 bits per heavy atom. The maximum absolute atomic E-state index is 13.6. The van der Waals surface area contributed by atoms with E-state index in [1.165, 1.54) is 28.2 Å². The first-order valence-corrected chi connectivity index (χ1v) is 9.23. The number of carbonyl (C=O) groups excluding carboxylic acids is 1. The van der Waals surface area contributed by atoms with Crippen molar-refractivity contribution in [2.24, 2.45) is 0 Å². The number of anilines is 1. The molecule has 4 rings (SSSR count). The lowest BCUT2D eigenvalue weighted by Gasteiger charge is -2.09. The molecule has 0 aliphatic heterocycles. The van der Waals surface area contributed by atoms with E-state index in [1.807, 2.05) is 6.92 Å². The fourth-order valence-corrected chi connectivity index (χ4v) is 3.90. The highest BCUT2D eigenvalue weighted by atomic mass is 35.5. The molecule has 0 bridgehead atoms. The van der Waals surface area contributed by atoms with Crippen molar-refractivity contribution in [1.82, 2.24) is 14.8 Å². The topological polar surface area (TPSA) is 76.9 Å². The molecule has 0 spiro atoms. The van der Waals surface area contributed by atoms with Crippen LogP contribution in [0.2, 0.25) is 5.02 Å². The van der Waals surface area contributed by atoms with Crippen LogP contribution < -0.4 is 10.7 Å². The van der Waals surface area contributed by atoms with Crippen LogP contribution in [-0.2, 0) is 6.54 Å². The highest BCUT2D eigenvalue weighted by molar-refractivity contribution is 7.22. The number of halogens is 2. The monoisotopic (exact) mass is 402 g/mol. The highest BCUT2D eigenvalue weighted by Crippen LogP contribution is 2.28. The van der Waals surface area contributed by atoms with E-state index in [9.17, 15) is 14.0 Å². The van der Waals surface area contributed by atoms with Crippen molar-refractivity contribution in [1.29, 1.82) is 0 Å². The number of amides is 1. The molecule has 27 heavy (non-hydrogen) atoms. The average Bonchev–Trinajstić information content (AvgIpc) is 3.03. The summed E-state index contributed by atoms with van der Waals surface area (Å²) in [6, 6.07) is 9.02. The van der Waals surface area contributed by atoms with Gasteiger partial charge in [0.1, 0.15) is 5.82 Å². The van der Waals surface area contributed by atoms with Crippen molar-refractivity contribution in [3.8, 4) is 0 Å². The Labute approximate surface area is 161 Å². The first-order valence-electron chi connectivity index (χ1n) is 8.04. The van der Waals surface area contributed by atoms with E-state index < -0.39 is 17.2 Å². The summed E-state index contributed by atoms with van der Waals surface area (Å²) in [5.41, 5.74) is 0.206. The second-order valence-corrected chi connectivity index (χ2v) is 7.21. The van der Waals surface area contributed by atoms with Crippen molar-refractivity contribution in [2.45, 2.75) is 13.5 Å². The predicted molar refractivity (Wildman–Crippen MR) is 104 cm³/mol. The first-order chi connectivity index (χ1) is 13.0. The lowest BCUT2D eigenvalue weighted by molar-refractivity contribution is 0.101. The lowest BCUT2D eigenvalue weighted by atomic mass is 10.2. The van der Waals surface area contributed by atoms with Crippen LogP contribution in [0.25, 0.3) is 21.1 Å². The summed E-state index contributed by atoms with van der Waals surface area (Å²) < 4.78 is 15.9. The zero-order valence-electron chi connectivity index (χ0n) is 14.0. The standard InChI is InChI=1S/C18H12ClFN4O2S/c1-2-24-13-6-4-10(20)8-11(13)16(25)15(23-24)17(26)22-18-21-12-5-3-9(19)7-14(12)27-18/h3-8H,2H2,1H3,(H,21,22,26). The third kappa shape index (κ3) is 3.17. The third-order valence-electron chi connectivity index (χ3n) is 4.00. The summed E-state index contributed by atoms with van der Waals surface area (Å²) in [6.45, 7) is 2.24. The van der Waals surface area contributed by atoms with Gasteiger partial charge in [0.2, 0.25) is 5.43 Å². The average molecular weight is 403 g/mol. The molecule has 0 aliphatic carbocycles. The van der Waals surface area contributed by atoms with Gasteiger partial charge in [0.25, 0.3) is 5.91 Å². The molecule has 6 nitrogen and oxygen atoms in total. The zero-order valence-corrected chi connectivity index (χ0v) is 15.6. The number of nitrogens with zero attached hydrogens (tertiary/aromatic N) is 3. The van der Waals surface area contributed by atoms with Crippen LogP contribution in [0.5, 0.6) is 0 Å². The molecule has 0 unspecified atom stereocenters. The third-order valence-corrected chi connectivity index (χ3v) is 5.17. The number of fused-ring (bicyclic) bond motifs is 2. The van der Waals surface area contributed by atoms with Crippen molar-refractivity contribution in [3.63, 3.8) is 0 Å². The predicted octanol–water partition coefficient (Wildman–Crippen LogP) is 4.07. The van der Waals surface area contributed by atoms with Crippen LogP contribution in [0.1, 0.15) is 17.4 Å². The Morgan fingerprint density at radius 1 is 1.30 bits per heavy atom. The Bertz CT molecular complexity index is 1270. The Hall–Kier alpha value is -2.84. The molecule has 4 aromatic rings. The van der Waals surface area contributed by atoms with Crippen LogP contribution in [0.4, 0.5) is 9.52 Å². The number of aromatic nitrogens is 3. The molecule has 0 radical (unpaired) electrons. The number of hydrogen-bond acceptors (Lipinski definition) is 5. The minimum atomic E-state index is -0.696. The summed E-state index contributed by atoms with van der Waals surface area (Å²) in [7, 11) is 0. The summed E-state index contributed by atoms with van der Waals surface area (Å²) in [5, 5.41) is 7.72. The van der Waals surface area contributed by atoms with E-state index in [0.717, 1.165) is 10.8 Å². The minimum absolute atomic E-state index is 0.105. The molecule has 2 aromatic heterocycles. The van der Waals surface area contributed by atoms with Gasteiger partial charge in [-0.15, -0.1) is 0 Å². The van der Waals surface area contributed by atoms with E-state index in [4.69, 9.17) is 11.6 Å². The quantitative estimate of drug-likeness (QED) is 0.560. The van der Waals surface area contributed by atoms with Gasteiger partial charge in [-0.3, -0.25) is 19.6 Å². The normalized spacial score (nSPS) is 11.2. The van der Waals surface area contributed by atoms with E-state index >= 15 is 0 Å². The number of carbonyl (C=O) groups is 1. The van der Waals surface area contributed by atoms with Crippen molar-refractivity contribution in [2.75, 3.05) is 5.32 Å². The van der Waals surface area contributed by atoms with Gasteiger partial charge in [-0.1, -0.05) is 22.9 Å². The van der Waals surface area contributed by atoms with Crippen LogP contribution in [-0.4, -0.2) is 20.7 Å². The second-order valence-electron chi connectivity index (χ2n) is 5.74. The van der Waals surface area contributed by atoms with Crippen molar-refractivity contribution >= 4 is 55.1 Å². The number of benzene rings is 2. The second kappa shape index (κ2) is 6.71. The molecule has 136 valence electrons. The maximum Gasteiger partial charge on any atom is 0.281 e. The van der Waals surface area contributed by atoms with Crippen LogP contribution in [0.3, 0.4) is 0 Å². The fraction of sp³-hybridized carbons (Fsp3) is 0.111. The number of aryl methyl sites for hydroxylation is 1. The van der Waals surface area contributed by atoms with E-state index in [-0.39, 0.29) is 11.1 Å². The molecule has 1 amide bonds. The van der Waals surface area contributed by atoms with Gasteiger partial charge in [-0.2, -0.15) is 5.10 Å². The maximum atomic E-state index is 13.6. The molecule has 0 saturated carbocycles. The first kappa shape index (κ1) is 17.6. The van der Waals surface area contributed by atoms with Gasteiger partial charge in [-0.25, -0.2) is 9.37 Å². The minimum Gasteiger partial charge on any atom is -0.296 e. The van der Waals surface area contributed by atoms with E-state index in [2.05, 4.69) is 15.4 Å². The highest BCUT2D eigenvalue weighted by Gasteiger charge is 2.19. The van der Waals surface area contributed by atoms with Crippen molar-refractivity contribution < 1.29 is 9.18 Å². The van der Waals surface area contributed by atoms with Gasteiger partial charge in [0, 0.05) is 11.6 Å². The molecule has 2 heterocycles. The molecule has 0 atom stereocenters. The largest absolute Gasteiger partial charge is 0.296 e. The Morgan fingerprint density at radius 2 is 2.11 bits per heavy atom. The SMILES string of the molecule is CCn1nc(C(=O)Nc2nc3ccc(Cl)cc3s2)c(=O)c2cc(F)ccc21. The summed E-state index contributed by atoms with van der Waals surface area (Å²) >= 11 is 7.19. The molecular weight excluding hydrogens is 391 g/mol. The van der Waals surface area contributed by atoms with Gasteiger partial charge in [0.15, 0.2) is 10.8 Å².